The van der Waals surface area contributed by atoms with E-state index in [2.05, 4.69) is 42.4 Å². The molecule has 3 aliphatic rings. The van der Waals surface area contributed by atoms with Gasteiger partial charge >= 0.3 is 5.57 Å². The number of unbranched alkanes of at least 4 members (excludes halogenated alkanes) is 1. The summed E-state index contributed by atoms with van der Waals surface area (Å²) < 4.78 is 30.2. The van der Waals surface area contributed by atoms with Crippen LogP contribution in [0, 0.1) is 11.8 Å². The maximum Gasteiger partial charge on any atom is 0.487 e. The van der Waals surface area contributed by atoms with E-state index in [0.29, 0.717) is 67.3 Å². The summed E-state index contributed by atoms with van der Waals surface area (Å²) in [4.78, 5) is 86.0. The average Bonchev–Trinajstić information content (AvgIpc) is 3.82. The molecule has 15 nitrogen and oxygen atoms in total. The third-order valence-electron chi connectivity index (χ3n) is 9.58. The summed E-state index contributed by atoms with van der Waals surface area (Å²) in [5.41, 5.74) is -1.44. The SMILES string of the molecule is O=C1CCC(N2C(=O)c3cccc(C#CCCCC(=O)N4CCN(c5ncc(C(=O)Nc6ccc(OC(F)(F)Cl)cc6)cc5-c5ccn[nH]5)CC4)c3C2=O)C(=O)N1. The number of piperidine rings is 1. The number of rotatable bonds is 10. The number of aromatic amines is 1. The molecule has 0 spiro atoms. The van der Waals surface area contributed by atoms with Crippen molar-refractivity contribution in [3.05, 3.63) is 89.2 Å². The number of nitrogens with one attached hydrogen (secondary N) is 3. The molecule has 2 aromatic heterocycles. The summed E-state index contributed by atoms with van der Waals surface area (Å²) in [5.74, 6) is 3.47. The normalized spacial score (nSPS) is 16.8. The van der Waals surface area contributed by atoms with Gasteiger partial charge in [-0.2, -0.15) is 5.10 Å². The Balaban J connectivity index is 0.928. The number of anilines is 2. The minimum Gasteiger partial charge on any atom is -0.420 e. The first-order valence-corrected chi connectivity index (χ1v) is 18.3. The second-order valence-corrected chi connectivity index (χ2v) is 13.7. The van der Waals surface area contributed by atoms with Crippen molar-refractivity contribution >= 4 is 58.5 Å². The molecule has 1 atom stereocenters. The van der Waals surface area contributed by atoms with E-state index in [9.17, 15) is 37.5 Å². The number of amides is 6. The lowest BCUT2D eigenvalue weighted by atomic mass is 10.0. The Morgan fingerprint density at radius 1 is 1.00 bits per heavy atom. The first kappa shape index (κ1) is 38.6. The van der Waals surface area contributed by atoms with Gasteiger partial charge < -0.3 is 19.9 Å². The largest absolute Gasteiger partial charge is 0.487 e. The fraction of sp³-hybridized carbons (Fsp3) is 0.282. The van der Waals surface area contributed by atoms with E-state index in [1.54, 1.807) is 35.4 Å². The highest BCUT2D eigenvalue weighted by molar-refractivity contribution is 6.24. The van der Waals surface area contributed by atoms with E-state index in [1.807, 2.05) is 4.90 Å². The summed E-state index contributed by atoms with van der Waals surface area (Å²) in [6.07, 6.45) is 4.16. The number of carbonyl (C=O) groups excluding carboxylic acids is 6. The zero-order valence-corrected chi connectivity index (χ0v) is 30.8. The monoisotopic (exact) mass is 798 g/mol. The highest BCUT2D eigenvalue weighted by atomic mass is 35.5. The Bertz CT molecular complexity index is 2310. The number of aromatic nitrogens is 3. The summed E-state index contributed by atoms with van der Waals surface area (Å²) in [6, 6.07) is 12.4. The number of piperazine rings is 1. The van der Waals surface area contributed by atoms with Gasteiger partial charge in [0.15, 0.2) is 0 Å². The molecule has 57 heavy (non-hydrogen) atoms. The van der Waals surface area contributed by atoms with Gasteiger partial charge in [-0.25, -0.2) is 4.98 Å². The number of alkyl halides is 3. The van der Waals surface area contributed by atoms with Crippen LogP contribution < -0.4 is 20.3 Å². The smallest absolute Gasteiger partial charge is 0.420 e. The molecule has 2 aromatic carbocycles. The van der Waals surface area contributed by atoms with Crippen LogP contribution in [0.2, 0.25) is 0 Å². The number of imide groups is 2. The van der Waals surface area contributed by atoms with Crippen molar-refractivity contribution in [1.82, 2.24) is 30.3 Å². The van der Waals surface area contributed by atoms with Gasteiger partial charge in [-0.3, -0.25) is 44.1 Å². The van der Waals surface area contributed by atoms with Gasteiger partial charge in [-0.15, -0.1) is 8.78 Å². The Kier molecular flexibility index (Phi) is 11.0. The van der Waals surface area contributed by atoms with Gasteiger partial charge in [0, 0.05) is 86.3 Å². The lowest BCUT2D eigenvalue weighted by Gasteiger charge is -2.36. The van der Waals surface area contributed by atoms with Crippen molar-refractivity contribution < 1.29 is 42.3 Å². The number of carbonyl (C=O) groups is 6. The molecule has 3 aliphatic heterocycles. The maximum atomic E-state index is 13.3. The highest BCUT2D eigenvalue weighted by Gasteiger charge is 2.45. The maximum absolute atomic E-state index is 13.3. The second kappa shape index (κ2) is 16.2. The lowest BCUT2D eigenvalue weighted by Crippen LogP contribution is -2.54. The van der Waals surface area contributed by atoms with Crippen molar-refractivity contribution in [2.24, 2.45) is 0 Å². The third-order valence-corrected chi connectivity index (χ3v) is 9.66. The molecule has 7 rings (SSSR count). The van der Waals surface area contributed by atoms with E-state index < -0.39 is 41.1 Å². The highest BCUT2D eigenvalue weighted by Crippen LogP contribution is 2.32. The van der Waals surface area contributed by atoms with E-state index in [0.717, 1.165) is 4.90 Å². The fourth-order valence-corrected chi connectivity index (χ4v) is 6.90. The molecule has 2 fully saturated rings. The first-order chi connectivity index (χ1) is 27.4. The summed E-state index contributed by atoms with van der Waals surface area (Å²) in [6.45, 7) is 1.82. The Labute approximate surface area is 328 Å². The molecule has 0 radical (unpaired) electrons. The lowest BCUT2D eigenvalue weighted by molar-refractivity contribution is -0.136. The summed E-state index contributed by atoms with van der Waals surface area (Å²) in [7, 11) is 0. The Morgan fingerprint density at radius 2 is 1.77 bits per heavy atom. The molecule has 0 saturated carbocycles. The number of H-pyrrole nitrogens is 1. The number of ether oxygens (including phenoxy) is 1. The number of hydrogen-bond acceptors (Lipinski definition) is 10. The van der Waals surface area contributed by atoms with Crippen LogP contribution in [0.4, 0.5) is 20.3 Å². The van der Waals surface area contributed by atoms with E-state index in [4.69, 9.17) is 11.6 Å². The molecule has 0 bridgehead atoms. The van der Waals surface area contributed by atoms with Gasteiger partial charge in [0.1, 0.15) is 17.6 Å². The van der Waals surface area contributed by atoms with Gasteiger partial charge in [-0.1, -0.05) is 17.9 Å². The van der Waals surface area contributed by atoms with Crippen LogP contribution in [0.1, 0.15) is 68.7 Å². The van der Waals surface area contributed by atoms with Crippen LogP contribution in [-0.2, 0) is 14.4 Å². The second-order valence-electron chi connectivity index (χ2n) is 13.3. The van der Waals surface area contributed by atoms with Gasteiger partial charge in [0.25, 0.3) is 17.7 Å². The van der Waals surface area contributed by atoms with Crippen molar-refractivity contribution in [2.75, 3.05) is 36.4 Å². The predicted octanol–water partition coefficient (Wildman–Crippen LogP) is 4.16. The molecule has 3 N–H and O–H groups in total. The van der Waals surface area contributed by atoms with Crippen LogP contribution >= 0.6 is 11.6 Å². The molecular formula is C39H33ClF2N8O7. The molecule has 5 heterocycles. The quantitative estimate of drug-likeness (QED) is 0.0911. The van der Waals surface area contributed by atoms with Crippen molar-refractivity contribution in [3.8, 4) is 28.8 Å². The minimum atomic E-state index is -3.87. The van der Waals surface area contributed by atoms with Gasteiger partial charge in [0.2, 0.25) is 17.7 Å². The van der Waals surface area contributed by atoms with Crippen molar-refractivity contribution in [1.29, 1.82) is 0 Å². The van der Waals surface area contributed by atoms with Crippen LogP contribution in [0.3, 0.4) is 0 Å². The van der Waals surface area contributed by atoms with E-state index in [-0.39, 0.29) is 47.6 Å². The van der Waals surface area contributed by atoms with Gasteiger partial charge in [0.05, 0.1) is 22.4 Å². The van der Waals surface area contributed by atoms with E-state index in [1.165, 1.54) is 36.5 Å². The first-order valence-electron chi connectivity index (χ1n) is 17.9. The topological polar surface area (TPSA) is 187 Å². The molecule has 6 amide bonds. The Hall–Kier alpha value is -6.67. The number of nitrogens with zero attached hydrogens (tertiary/aromatic N) is 5. The fourth-order valence-electron chi connectivity index (χ4n) is 6.81. The van der Waals surface area contributed by atoms with Crippen LogP contribution in [-0.4, -0.2) is 98.2 Å². The van der Waals surface area contributed by atoms with Crippen LogP contribution in [0.15, 0.2) is 67.0 Å². The third kappa shape index (κ3) is 8.60. The summed E-state index contributed by atoms with van der Waals surface area (Å²) in [5, 5.41) is 11.8. The predicted molar refractivity (Wildman–Crippen MR) is 200 cm³/mol. The van der Waals surface area contributed by atoms with Crippen LogP contribution in [0.5, 0.6) is 5.75 Å². The zero-order valence-electron chi connectivity index (χ0n) is 30.0. The minimum absolute atomic E-state index is 0.0225. The van der Waals surface area contributed by atoms with E-state index >= 15 is 0 Å². The number of benzene rings is 2. The number of fused-ring (bicyclic) bond motifs is 1. The Morgan fingerprint density at radius 3 is 2.47 bits per heavy atom. The van der Waals surface area contributed by atoms with Gasteiger partial charge in [-0.05, 0) is 61.4 Å². The molecule has 292 valence electrons. The summed E-state index contributed by atoms with van der Waals surface area (Å²) >= 11 is 4.81. The average molecular weight is 799 g/mol. The molecular weight excluding hydrogens is 766 g/mol. The molecule has 1 unspecified atom stereocenters. The number of pyridine rings is 1. The van der Waals surface area contributed by atoms with Crippen molar-refractivity contribution in [2.45, 2.75) is 43.7 Å². The molecule has 0 aliphatic carbocycles. The molecule has 18 heteroatoms. The number of hydrogen-bond donors (Lipinski definition) is 3. The molecule has 4 aromatic rings. The zero-order chi connectivity index (χ0) is 40.3. The standard InChI is InChI=1S/C39H33ClF2N8O7/c40-39(41,42)57-26-11-9-25(10-12-26)45-35(53)24-21-28(29-15-16-44-47-29)34(43-22-24)49-19-17-48(18-20-49)32(52)8-3-1-2-5-23-6-4-7-27-33(23)38(56)50(37(27)55)30-13-14-31(51)46-36(30)54/h4,6-7,9-12,15-16,21-22,30H,1,3,8,13-14,17-20H2,(H,44,47)(H,45,53)(H,46,51,54). The number of halogens is 3. The van der Waals surface area contributed by atoms with Crippen molar-refractivity contribution in [3.63, 3.8) is 0 Å². The van der Waals surface area contributed by atoms with Crippen LogP contribution in [0.25, 0.3) is 11.3 Å². The molecule has 2 saturated heterocycles.